The summed E-state index contributed by atoms with van der Waals surface area (Å²) >= 11 is 20.2. The fourth-order valence-corrected chi connectivity index (χ4v) is 16.0. The van der Waals surface area contributed by atoms with Crippen LogP contribution in [-0.2, 0) is 79.3 Å². The van der Waals surface area contributed by atoms with Gasteiger partial charge in [0.25, 0.3) is 0 Å². The minimum atomic E-state index is -0.952. The quantitative estimate of drug-likeness (QED) is 0.606. The largest absolute Gasteiger partial charge is 0.313 e. The van der Waals surface area contributed by atoms with Crippen LogP contribution in [0.4, 0.5) is 0 Å². The molecule has 0 aliphatic rings. The van der Waals surface area contributed by atoms with Crippen LogP contribution in [0.1, 0.15) is 19.8 Å². The highest BCUT2D eigenvalue weighted by Crippen LogP contribution is 1.88. The van der Waals surface area contributed by atoms with E-state index in [4.69, 9.17) is 48.9 Å². The molecule has 0 rings (SSSR count). The van der Waals surface area contributed by atoms with Gasteiger partial charge in [-0.2, -0.15) is 0 Å². The van der Waals surface area contributed by atoms with Crippen LogP contribution in [0.3, 0.4) is 0 Å². The predicted molar refractivity (Wildman–Crippen MR) is 81.2 cm³/mol. The number of hydrogen-bond acceptors (Lipinski definition) is 5. The maximum Gasteiger partial charge on any atom is 0.0616 e. The molecule has 0 saturated carbocycles. The zero-order valence-corrected chi connectivity index (χ0v) is 13.4. The molecule has 0 amide bonds. The van der Waals surface area contributed by atoms with E-state index in [1.54, 1.807) is 0 Å². The molecule has 1 atom stereocenters. The first kappa shape index (κ1) is 14.8. The normalized spacial score (nSPS) is 12.1. The molecule has 0 spiro atoms. The molecule has 0 aliphatic carbocycles. The Morgan fingerprint density at radius 2 is 2.08 bits per heavy atom. The van der Waals surface area contributed by atoms with Gasteiger partial charge >= 0.3 is 0 Å². The molecule has 13 heavy (non-hydrogen) atoms. The molecule has 1 unspecified atom stereocenters. The zero-order valence-electron chi connectivity index (χ0n) is 6.83. The fraction of sp³-hybridized carbons (Fsp3) is 1.00. The van der Waals surface area contributed by atoms with Crippen molar-refractivity contribution in [3.8, 4) is 0 Å². The number of thiol groups is 1. The molecular weight excluding hydrogens is 321 g/mol. The van der Waals surface area contributed by atoms with E-state index >= 15 is 0 Å². The van der Waals surface area contributed by atoms with Crippen molar-refractivity contribution in [1.29, 1.82) is 0 Å². The summed E-state index contributed by atoms with van der Waals surface area (Å²) in [5.74, 6) is 0. The third-order valence-electron chi connectivity index (χ3n) is 0.988. The van der Waals surface area contributed by atoms with Gasteiger partial charge in [-0.1, -0.05) is 13.3 Å². The van der Waals surface area contributed by atoms with E-state index in [9.17, 15) is 0 Å². The smallest absolute Gasteiger partial charge is 0.0616 e. The van der Waals surface area contributed by atoms with E-state index in [-0.39, 0.29) is 0 Å². The lowest BCUT2D eigenvalue weighted by Crippen LogP contribution is -1.90. The molecule has 0 radical (unpaired) electrons. The van der Waals surface area contributed by atoms with E-state index in [0.717, 1.165) is 12.8 Å². The lowest BCUT2D eigenvalue weighted by atomic mass is 10.4. The van der Waals surface area contributed by atoms with Crippen molar-refractivity contribution < 1.29 is 4.18 Å². The third kappa shape index (κ3) is 6.85. The Kier molecular flexibility index (Phi) is 10.4. The molecule has 0 aliphatic heterocycles. The van der Waals surface area contributed by atoms with Gasteiger partial charge in [0.1, 0.15) is 0 Å². The summed E-state index contributed by atoms with van der Waals surface area (Å²) in [4.78, 5) is 0. The van der Waals surface area contributed by atoms with Crippen LogP contribution < -0.4 is 0 Å². The zero-order chi connectivity index (χ0) is 10.3. The lowest BCUT2D eigenvalue weighted by molar-refractivity contribution is 0.365. The molecule has 1 nitrogen and oxygen atoms in total. The van der Waals surface area contributed by atoms with Gasteiger partial charge < -0.3 is 4.18 Å². The Morgan fingerprint density at radius 1 is 1.46 bits per heavy atom. The Labute approximate surface area is 104 Å². The van der Waals surface area contributed by atoms with Crippen molar-refractivity contribution in [2.75, 3.05) is 6.61 Å². The van der Waals surface area contributed by atoms with Crippen molar-refractivity contribution >= 4 is 75.1 Å². The molecule has 0 fully saturated rings. The summed E-state index contributed by atoms with van der Waals surface area (Å²) in [6, 6.07) is 0. The van der Waals surface area contributed by atoms with E-state index in [1.165, 1.54) is 8.88 Å². The maximum absolute atomic E-state index is 5.44. The molecule has 0 bridgehead atoms. The molecule has 0 N–H and O–H groups in total. The summed E-state index contributed by atoms with van der Waals surface area (Å²) in [5, 5.41) is 0. The van der Waals surface area contributed by atoms with E-state index in [2.05, 4.69) is 6.92 Å². The van der Waals surface area contributed by atoms with Crippen LogP contribution in [0, 0.1) is 0 Å². The molecular formula is C4H10OS8. The molecule has 0 aromatic rings. The first-order valence-electron chi connectivity index (χ1n) is 3.38. The van der Waals surface area contributed by atoms with Gasteiger partial charge in [-0.3, -0.25) is 0 Å². The maximum atomic E-state index is 5.44. The van der Waals surface area contributed by atoms with Gasteiger partial charge in [-0.25, -0.2) is 0 Å². The van der Waals surface area contributed by atoms with Crippen LogP contribution in [0.2, 0.25) is 0 Å². The predicted octanol–water partition coefficient (Wildman–Crippen LogP) is 0.980. The Hall–Kier alpha value is 1.85. The lowest BCUT2D eigenvalue weighted by Gasteiger charge is -1.94. The minimum absolute atomic E-state index is 0.400. The second-order valence-electron chi connectivity index (χ2n) is 1.90. The second-order valence-corrected chi connectivity index (χ2v) is 18.0. The molecule has 9 heteroatoms. The highest BCUT2D eigenvalue weighted by Gasteiger charge is 1.82. The molecule has 80 valence electrons. The SMILES string of the molecule is CCCCO[SH](=S)=S(=S)=S(=S)=S=S. The van der Waals surface area contributed by atoms with Crippen LogP contribution in [0.25, 0.3) is 0 Å². The van der Waals surface area contributed by atoms with Crippen LogP contribution in [0.5, 0.6) is 0 Å². The van der Waals surface area contributed by atoms with Gasteiger partial charge in [0.15, 0.2) is 0 Å². The topological polar surface area (TPSA) is 9.23 Å². The van der Waals surface area contributed by atoms with Gasteiger partial charge in [0.2, 0.25) is 0 Å². The van der Waals surface area contributed by atoms with Gasteiger partial charge in [0.05, 0.1) is 6.61 Å². The standard InChI is InChI=1S/C4H10OS8/c1-2-3-4-5-11(7)13(9)12(8)10-6/h11H,2-4H2,1H3. The summed E-state index contributed by atoms with van der Waals surface area (Å²) in [5.41, 5.74) is 0. The van der Waals surface area contributed by atoms with Crippen molar-refractivity contribution in [2.24, 2.45) is 0 Å². The Balaban J connectivity index is 4.91. The van der Waals surface area contributed by atoms with E-state index in [1.807, 2.05) is 0 Å². The number of rotatable bonds is 4. The van der Waals surface area contributed by atoms with Crippen molar-refractivity contribution in [3.63, 3.8) is 0 Å². The van der Waals surface area contributed by atoms with Crippen molar-refractivity contribution in [1.82, 2.24) is 0 Å². The van der Waals surface area contributed by atoms with Gasteiger partial charge in [-0.15, -0.1) is 0 Å². The molecule has 0 saturated heterocycles. The summed E-state index contributed by atoms with van der Waals surface area (Å²) in [6.07, 6.45) is 2.15. The van der Waals surface area contributed by atoms with Gasteiger partial charge in [-0.05, 0) is 73.2 Å². The van der Waals surface area contributed by atoms with Crippen molar-refractivity contribution in [2.45, 2.75) is 19.8 Å². The van der Waals surface area contributed by atoms with E-state index in [0.29, 0.717) is 6.61 Å². The van der Waals surface area contributed by atoms with Crippen LogP contribution in [-0.4, -0.2) is 6.61 Å². The van der Waals surface area contributed by atoms with Gasteiger partial charge in [0, 0.05) is 8.29 Å². The highest BCUT2D eigenvalue weighted by molar-refractivity contribution is 8.87. The summed E-state index contributed by atoms with van der Waals surface area (Å²) < 4.78 is 5.44. The molecule has 0 aromatic heterocycles. The fourth-order valence-electron chi connectivity index (χ4n) is 0.400. The monoisotopic (exact) mass is 330 g/mol. The minimum Gasteiger partial charge on any atom is -0.313 e. The highest BCUT2D eigenvalue weighted by atomic mass is 33.6. The summed E-state index contributed by atoms with van der Waals surface area (Å²) in [7, 11) is 0.252. The summed E-state index contributed by atoms with van der Waals surface area (Å²) in [6.45, 7) is 2.00. The Bertz CT molecular complexity index is 470. The Morgan fingerprint density at radius 3 is 2.54 bits per heavy atom. The number of unbranched alkanes of at least 4 members (excludes halogenated alkanes) is 1. The second kappa shape index (κ2) is 9.10. The van der Waals surface area contributed by atoms with Crippen LogP contribution >= 0.6 is 0 Å². The van der Waals surface area contributed by atoms with Crippen LogP contribution in [0.15, 0.2) is 0 Å². The first-order chi connectivity index (χ1) is 6.13. The average Bonchev–Trinajstić information content (AvgIpc) is 2.15. The third-order valence-corrected chi connectivity index (χ3v) is 22.2. The van der Waals surface area contributed by atoms with E-state index < -0.39 is 21.4 Å². The molecule has 0 aromatic carbocycles. The molecule has 0 heterocycles. The number of hydrogen-bond donors (Lipinski definition) is 1. The first-order valence-corrected chi connectivity index (χ1v) is 13.3. The van der Waals surface area contributed by atoms with Crippen molar-refractivity contribution in [3.05, 3.63) is 0 Å². The average molecular weight is 331 g/mol.